The third-order valence-corrected chi connectivity index (χ3v) is 5.94. The van der Waals surface area contributed by atoms with Gasteiger partial charge in [-0.2, -0.15) is 0 Å². The molecule has 0 radical (unpaired) electrons. The van der Waals surface area contributed by atoms with Crippen LogP contribution < -0.4 is 10.5 Å². The first-order valence-corrected chi connectivity index (χ1v) is 11.4. The highest BCUT2D eigenvalue weighted by molar-refractivity contribution is 6.30. The SMILES string of the molecule is Cc1nc2c(-c3ccc(Cl)cc3F)nc(N3CCN(C(=O)OC(C)(C)C)CC3)cn2c(=O)c1C. The molecule has 1 saturated heterocycles. The molecule has 34 heavy (non-hydrogen) atoms. The maximum absolute atomic E-state index is 14.9. The Labute approximate surface area is 201 Å². The number of nitrogens with zero attached hydrogens (tertiary/aromatic N) is 5. The molecule has 0 saturated carbocycles. The molecule has 180 valence electrons. The van der Waals surface area contributed by atoms with Gasteiger partial charge < -0.3 is 14.5 Å². The second-order valence-electron chi connectivity index (χ2n) is 9.35. The second-order valence-corrected chi connectivity index (χ2v) is 9.78. The van der Waals surface area contributed by atoms with Crippen LogP contribution in [0.1, 0.15) is 32.0 Å². The van der Waals surface area contributed by atoms with Crippen molar-refractivity contribution in [2.75, 3.05) is 31.1 Å². The van der Waals surface area contributed by atoms with Crippen LogP contribution in [0.4, 0.5) is 15.0 Å². The number of piperazine rings is 1. The lowest BCUT2D eigenvalue weighted by Gasteiger charge is -2.36. The van der Waals surface area contributed by atoms with Crippen LogP contribution in [0.15, 0.2) is 29.2 Å². The largest absolute Gasteiger partial charge is 0.444 e. The molecule has 0 atom stereocenters. The van der Waals surface area contributed by atoms with Crippen molar-refractivity contribution in [3.63, 3.8) is 0 Å². The maximum atomic E-state index is 14.9. The van der Waals surface area contributed by atoms with Crippen molar-refractivity contribution in [1.29, 1.82) is 0 Å². The smallest absolute Gasteiger partial charge is 0.410 e. The molecule has 1 aliphatic heterocycles. The number of aromatic nitrogens is 3. The van der Waals surface area contributed by atoms with Crippen LogP contribution in [-0.2, 0) is 4.74 Å². The van der Waals surface area contributed by atoms with Crippen molar-refractivity contribution in [2.24, 2.45) is 0 Å². The zero-order chi connectivity index (χ0) is 24.8. The summed E-state index contributed by atoms with van der Waals surface area (Å²) in [6, 6.07) is 4.32. The molecule has 1 amide bonds. The molecule has 0 aliphatic carbocycles. The molecule has 0 bridgehead atoms. The zero-order valence-electron chi connectivity index (χ0n) is 19.9. The Morgan fingerprint density at radius 1 is 1.12 bits per heavy atom. The van der Waals surface area contributed by atoms with Gasteiger partial charge in [0.15, 0.2) is 5.65 Å². The molecule has 1 fully saturated rings. The van der Waals surface area contributed by atoms with Crippen LogP contribution in [0.5, 0.6) is 0 Å². The van der Waals surface area contributed by atoms with Crippen molar-refractivity contribution in [1.82, 2.24) is 19.3 Å². The number of anilines is 1. The summed E-state index contributed by atoms with van der Waals surface area (Å²) in [6.45, 7) is 10.7. The molecule has 3 aromatic rings. The Morgan fingerprint density at radius 3 is 2.41 bits per heavy atom. The number of carbonyl (C=O) groups excluding carboxylic acids is 1. The number of fused-ring (bicyclic) bond motifs is 1. The summed E-state index contributed by atoms with van der Waals surface area (Å²) < 4.78 is 21.8. The van der Waals surface area contributed by atoms with Gasteiger partial charge in [0.1, 0.15) is 22.9 Å². The maximum Gasteiger partial charge on any atom is 0.410 e. The number of amides is 1. The lowest BCUT2D eigenvalue weighted by Crippen LogP contribution is -2.50. The van der Waals surface area contributed by atoms with E-state index in [0.29, 0.717) is 43.3 Å². The minimum atomic E-state index is -0.574. The summed E-state index contributed by atoms with van der Waals surface area (Å²) in [5.41, 5.74) is 0.968. The van der Waals surface area contributed by atoms with Gasteiger partial charge in [-0.15, -0.1) is 0 Å². The topological polar surface area (TPSA) is 80.0 Å². The summed E-state index contributed by atoms with van der Waals surface area (Å²) in [5, 5.41) is 0.261. The summed E-state index contributed by atoms with van der Waals surface area (Å²) >= 11 is 5.94. The van der Waals surface area contributed by atoms with E-state index in [0.717, 1.165) is 0 Å². The molecule has 8 nitrogen and oxygen atoms in total. The van der Waals surface area contributed by atoms with E-state index in [-0.39, 0.29) is 33.6 Å². The van der Waals surface area contributed by atoms with Crippen molar-refractivity contribution in [2.45, 2.75) is 40.2 Å². The van der Waals surface area contributed by atoms with Crippen LogP contribution in [0.25, 0.3) is 16.9 Å². The Hall–Kier alpha value is -3.20. The van der Waals surface area contributed by atoms with E-state index < -0.39 is 11.4 Å². The number of aryl methyl sites for hydroxylation is 1. The quantitative estimate of drug-likeness (QED) is 0.538. The lowest BCUT2D eigenvalue weighted by molar-refractivity contribution is 0.0240. The molecular weight excluding hydrogens is 461 g/mol. The van der Waals surface area contributed by atoms with E-state index >= 15 is 0 Å². The number of carbonyl (C=O) groups is 1. The molecular formula is C24H27ClFN5O3. The van der Waals surface area contributed by atoms with Crippen molar-refractivity contribution < 1.29 is 13.9 Å². The van der Waals surface area contributed by atoms with Crippen molar-refractivity contribution in [3.05, 3.63) is 56.8 Å². The highest BCUT2D eigenvalue weighted by atomic mass is 35.5. The van der Waals surface area contributed by atoms with Gasteiger partial charge >= 0.3 is 6.09 Å². The van der Waals surface area contributed by atoms with Gasteiger partial charge in [0.2, 0.25) is 0 Å². The molecule has 10 heteroatoms. The molecule has 4 rings (SSSR count). The average molecular weight is 488 g/mol. The first kappa shape index (κ1) is 23.9. The van der Waals surface area contributed by atoms with Gasteiger partial charge in [0.25, 0.3) is 5.56 Å². The predicted molar refractivity (Wildman–Crippen MR) is 129 cm³/mol. The van der Waals surface area contributed by atoms with E-state index in [2.05, 4.69) is 4.98 Å². The predicted octanol–water partition coefficient (Wildman–Crippen LogP) is 4.22. The van der Waals surface area contributed by atoms with E-state index in [1.807, 2.05) is 25.7 Å². The molecule has 1 aliphatic rings. The highest BCUT2D eigenvalue weighted by Gasteiger charge is 2.27. The molecule has 2 aromatic heterocycles. The Kier molecular flexibility index (Phi) is 6.24. The van der Waals surface area contributed by atoms with E-state index in [1.165, 1.54) is 16.5 Å². The summed E-state index contributed by atoms with van der Waals surface area (Å²) in [5.74, 6) is -0.0610. The number of hydrogen-bond donors (Lipinski definition) is 0. The lowest BCUT2D eigenvalue weighted by atomic mass is 10.1. The van der Waals surface area contributed by atoms with Gasteiger partial charge in [-0.1, -0.05) is 11.6 Å². The van der Waals surface area contributed by atoms with E-state index in [4.69, 9.17) is 21.3 Å². The zero-order valence-corrected chi connectivity index (χ0v) is 20.6. The van der Waals surface area contributed by atoms with Gasteiger partial charge in [-0.05, 0) is 52.8 Å². The fraction of sp³-hybridized carbons (Fsp3) is 0.417. The average Bonchev–Trinajstić information content (AvgIpc) is 2.76. The number of rotatable bonds is 2. The first-order chi connectivity index (χ1) is 15.9. The minimum absolute atomic E-state index is 0.200. The Bertz CT molecular complexity index is 1330. The normalized spacial score (nSPS) is 14.6. The summed E-state index contributed by atoms with van der Waals surface area (Å²) in [4.78, 5) is 38.3. The minimum Gasteiger partial charge on any atom is -0.444 e. The van der Waals surface area contributed by atoms with Gasteiger partial charge in [0.05, 0.1) is 6.20 Å². The van der Waals surface area contributed by atoms with Gasteiger partial charge in [0, 0.05) is 48.0 Å². The third kappa shape index (κ3) is 4.70. The molecule has 3 heterocycles. The standard InChI is InChI=1S/C24H27ClFN5O3/c1-14-15(2)27-21-20(17-7-6-16(25)12-18(17)26)28-19(13-31(21)22(14)32)29-8-10-30(11-9-29)23(33)34-24(3,4)5/h6-7,12-13H,8-11H2,1-5H3. The fourth-order valence-corrected chi connectivity index (χ4v) is 3.94. The van der Waals surface area contributed by atoms with E-state index in [9.17, 15) is 14.0 Å². The van der Waals surface area contributed by atoms with Crippen LogP contribution in [-0.4, -0.2) is 57.1 Å². The van der Waals surface area contributed by atoms with Crippen LogP contribution >= 0.6 is 11.6 Å². The number of ether oxygens (including phenoxy) is 1. The molecule has 1 aromatic carbocycles. The fourth-order valence-electron chi connectivity index (χ4n) is 3.78. The first-order valence-electron chi connectivity index (χ1n) is 11.0. The van der Waals surface area contributed by atoms with Crippen molar-refractivity contribution >= 4 is 29.2 Å². The van der Waals surface area contributed by atoms with Crippen molar-refractivity contribution in [3.8, 4) is 11.3 Å². The van der Waals surface area contributed by atoms with Gasteiger partial charge in [-0.25, -0.2) is 19.2 Å². The number of benzene rings is 1. The van der Waals surface area contributed by atoms with E-state index in [1.54, 1.807) is 31.0 Å². The van der Waals surface area contributed by atoms with Gasteiger partial charge in [-0.3, -0.25) is 9.20 Å². The second kappa shape index (κ2) is 8.87. The Morgan fingerprint density at radius 2 is 1.79 bits per heavy atom. The third-order valence-electron chi connectivity index (χ3n) is 5.71. The highest BCUT2D eigenvalue weighted by Crippen LogP contribution is 2.29. The summed E-state index contributed by atoms with van der Waals surface area (Å²) in [7, 11) is 0. The van der Waals surface area contributed by atoms with Crippen LogP contribution in [0.2, 0.25) is 5.02 Å². The summed E-state index contributed by atoms with van der Waals surface area (Å²) in [6.07, 6.45) is 1.26. The molecule has 0 spiro atoms. The van der Waals surface area contributed by atoms with Crippen LogP contribution in [0, 0.1) is 19.7 Å². The van der Waals surface area contributed by atoms with Crippen LogP contribution in [0.3, 0.4) is 0 Å². The Balaban J connectivity index is 1.75. The number of halogens is 2. The number of hydrogen-bond acceptors (Lipinski definition) is 6. The molecule has 0 N–H and O–H groups in total. The monoisotopic (exact) mass is 487 g/mol. The molecule has 0 unspecified atom stereocenters.